The summed E-state index contributed by atoms with van der Waals surface area (Å²) in [4.78, 5) is 5.14. The lowest BCUT2D eigenvalue weighted by Gasteiger charge is -2.25. The van der Waals surface area contributed by atoms with Gasteiger partial charge in [0, 0.05) is 21.8 Å². The quantitative estimate of drug-likeness (QED) is 0.284. The maximum absolute atomic E-state index is 13.4. The molecule has 0 spiro atoms. The Bertz CT molecular complexity index is 1490. The van der Waals surface area contributed by atoms with E-state index in [2.05, 4.69) is 10.8 Å². The van der Waals surface area contributed by atoms with Gasteiger partial charge >= 0.3 is 0 Å². The van der Waals surface area contributed by atoms with Gasteiger partial charge in [-0.1, -0.05) is 60.8 Å². The monoisotopic (exact) mass is 538 g/mol. The lowest BCUT2D eigenvalue weighted by molar-refractivity contribution is 0.446. The standard InChI is InChI=1S/C27H23ClN2O2S3/c28-19-13-9-17(10-14-19)18-11-15-20(16-12-18)35(31,32)30-27-25(21-5-1-3-7-23(21)33-27)26-29-22-6-2-4-8-24(22)34-26/h2,4,6,8-16,21,23,30H,1,3,5,7H2. The van der Waals surface area contributed by atoms with Crippen LogP contribution in [0.4, 0.5) is 0 Å². The number of nitrogens with one attached hydrogen (secondary N) is 1. The van der Waals surface area contributed by atoms with E-state index in [1.165, 1.54) is 12.8 Å². The third kappa shape index (κ3) is 4.51. The van der Waals surface area contributed by atoms with E-state index in [0.29, 0.717) is 16.2 Å². The molecule has 1 aromatic heterocycles. The first-order valence-corrected chi connectivity index (χ1v) is 15.2. The lowest BCUT2D eigenvalue weighted by atomic mass is 9.84. The van der Waals surface area contributed by atoms with Gasteiger partial charge in [-0.3, -0.25) is 4.72 Å². The van der Waals surface area contributed by atoms with Crippen molar-refractivity contribution in [3.8, 4) is 11.1 Å². The Morgan fingerprint density at radius 3 is 2.31 bits per heavy atom. The molecule has 2 aliphatic rings. The number of thiazole rings is 1. The number of halogens is 1. The van der Waals surface area contributed by atoms with Crippen LogP contribution in [0, 0.1) is 5.92 Å². The summed E-state index contributed by atoms with van der Waals surface area (Å²) in [7, 11) is -3.74. The van der Waals surface area contributed by atoms with Crippen LogP contribution < -0.4 is 4.72 Å². The lowest BCUT2D eigenvalue weighted by Crippen LogP contribution is -2.22. The van der Waals surface area contributed by atoms with Crippen LogP contribution in [0.25, 0.3) is 26.9 Å². The predicted octanol–water partition coefficient (Wildman–Crippen LogP) is 7.57. The first kappa shape index (κ1) is 23.1. The fourth-order valence-corrected chi connectivity index (χ4v) is 9.08. The van der Waals surface area contributed by atoms with E-state index >= 15 is 0 Å². The average Bonchev–Trinajstić information content (AvgIpc) is 3.44. The van der Waals surface area contributed by atoms with Crippen LogP contribution in [0.2, 0.25) is 5.02 Å². The molecule has 35 heavy (non-hydrogen) atoms. The smallest absolute Gasteiger partial charge is 0.262 e. The zero-order valence-corrected chi connectivity index (χ0v) is 22.0. The van der Waals surface area contributed by atoms with Crippen LogP contribution in [0.3, 0.4) is 0 Å². The molecule has 2 atom stereocenters. The zero-order chi connectivity index (χ0) is 24.0. The minimum Gasteiger partial charge on any atom is -0.273 e. The summed E-state index contributed by atoms with van der Waals surface area (Å²) in [5.41, 5.74) is 3.96. The summed E-state index contributed by atoms with van der Waals surface area (Å²) in [5.74, 6) is 0.333. The number of para-hydroxylation sites is 1. The van der Waals surface area contributed by atoms with Crippen molar-refractivity contribution in [2.45, 2.75) is 35.8 Å². The number of aromatic nitrogens is 1. The molecule has 0 radical (unpaired) electrons. The van der Waals surface area contributed by atoms with Crippen LogP contribution in [-0.4, -0.2) is 18.7 Å². The Balaban J connectivity index is 1.34. The Morgan fingerprint density at radius 2 is 1.57 bits per heavy atom. The number of fused-ring (bicyclic) bond motifs is 2. The van der Waals surface area contributed by atoms with E-state index < -0.39 is 10.0 Å². The summed E-state index contributed by atoms with van der Waals surface area (Å²) in [5, 5.41) is 2.74. The maximum Gasteiger partial charge on any atom is 0.262 e. The number of hydrogen-bond acceptors (Lipinski definition) is 5. The maximum atomic E-state index is 13.4. The first-order valence-electron chi connectivity index (χ1n) is 11.6. The van der Waals surface area contributed by atoms with Crippen LogP contribution in [0.15, 0.2) is 82.7 Å². The van der Waals surface area contributed by atoms with Gasteiger partial charge in [-0.2, -0.15) is 0 Å². The Kier molecular flexibility index (Phi) is 6.13. The Labute approximate surface area is 218 Å². The molecule has 1 aliphatic heterocycles. The van der Waals surface area contributed by atoms with Gasteiger partial charge in [0.2, 0.25) is 0 Å². The summed E-state index contributed by atoms with van der Waals surface area (Å²) in [6.07, 6.45) is 4.53. The van der Waals surface area contributed by atoms with Crippen LogP contribution in [0.1, 0.15) is 30.7 Å². The third-order valence-electron chi connectivity index (χ3n) is 6.68. The molecule has 1 saturated carbocycles. The molecular formula is C27H23ClN2O2S3. The molecule has 6 rings (SSSR count). The molecule has 178 valence electrons. The van der Waals surface area contributed by atoms with Crippen LogP contribution in [0.5, 0.6) is 0 Å². The summed E-state index contributed by atoms with van der Waals surface area (Å²) >= 11 is 9.32. The number of thioether (sulfide) groups is 1. The minimum absolute atomic E-state index is 0.252. The zero-order valence-electron chi connectivity index (χ0n) is 18.8. The largest absolute Gasteiger partial charge is 0.273 e. The SMILES string of the molecule is O=S(=O)(NC1=C(c2nc3ccccc3s2)C2CCCCC2S1)c1ccc(-c2ccc(Cl)cc2)cc1. The van der Waals surface area contributed by atoms with E-state index in [1.807, 2.05) is 54.6 Å². The van der Waals surface area contributed by atoms with E-state index in [-0.39, 0.29) is 4.90 Å². The molecule has 1 N–H and O–H groups in total. The fraction of sp³-hybridized carbons (Fsp3) is 0.222. The molecule has 8 heteroatoms. The van der Waals surface area contributed by atoms with Gasteiger partial charge in [0.1, 0.15) is 5.01 Å². The van der Waals surface area contributed by atoms with Gasteiger partial charge < -0.3 is 0 Å². The van der Waals surface area contributed by atoms with Crippen molar-refractivity contribution in [1.82, 2.24) is 9.71 Å². The second-order valence-corrected chi connectivity index (χ2v) is 13.3. The van der Waals surface area contributed by atoms with Gasteiger partial charge in [0.15, 0.2) is 0 Å². The Morgan fingerprint density at radius 1 is 0.886 bits per heavy atom. The summed E-state index contributed by atoms with van der Waals surface area (Å²) in [6.45, 7) is 0. The van der Waals surface area contributed by atoms with Gasteiger partial charge in [-0.15, -0.1) is 23.1 Å². The van der Waals surface area contributed by atoms with Crippen molar-refractivity contribution < 1.29 is 8.42 Å². The number of hydrogen-bond donors (Lipinski definition) is 1. The molecule has 0 amide bonds. The number of sulfonamides is 1. The van der Waals surface area contributed by atoms with E-state index in [9.17, 15) is 8.42 Å². The normalized spacial score (nSPS) is 20.3. The van der Waals surface area contributed by atoms with Crippen molar-refractivity contribution in [2.24, 2.45) is 5.92 Å². The molecule has 2 unspecified atom stereocenters. The highest BCUT2D eigenvalue weighted by Gasteiger charge is 2.40. The molecule has 0 bridgehead atoms. The highest BCUT2D eigenvalue weighted by atomic mass is 35.5. The third-order valence-corrected chi connectivity index (χ3v) is 10.9. The van der Waals surface area contributed by atoms with Crippen LogP contribution >= 0.6 is 34.7 Å². The van der Waals surface area contributed by atoms with Gasteiger partial charge in [0.25, 0.3) is 10.0 Å². The van der Waals surface area contributed by atoms with Crippen LogP contribution in [-0.2, 0) is 10.0 Å². The topological polar surface area (TPSA) is 59.1 Å². The molecule has 0 saturated heterocycles. The summed E-state index contributed by atoms with van der Waals surface area (Å²) in [6, 6.07) is 22.6. The highest BCUT2D eigenvalue weighted by molar-refractivity contribution is 8.05. The molecule has 4 nitrogen and oxygen atoms in total. The molecule has 2 heterocycles. The van der Waals surface area contributed by atoms with Crippen molar-refractivity contribution in [1.29, 1.82) is 0 Å². The fourth-order valence-electron chi connectivity index (χ4n) is 4.92. The minimum atomic E-state index is -3.74. The van der Waals surface area contributed by atoms with Gasteiger partial charge in [-0.25, -0.2) is 13.4 Å². The van der Waals surface area contributed by atoms with E-state index in [4.69, 9.17) is 16.6 Å². The van der Waals surface area contributed by atoms with Crippen molar-refractivity contribution in [3.63, 3.8) is 0 Å². The van der Waals surface area contributed by atoms with E-state index in [0.717, 1.165) is 49.8 Å². The van der Waals surface area contributed by atoms with Crippen molar-refractivity contribution in [3.05, 3.63) is 87.9 Å². The number of benzene rings is 3. The molecule has 4 aromatic rings. The second-order valence-electron chi connectivity index (χ2n) is 8.91. The number of nitrogens with zero attached hydrogens (tertiary/aromatic N) is 1. The average molecular weight is 539 g/mol. The molecular weight excluding hydrogens is 516 g/mol. The van der Waals surface area contributed by atoms with Gasteiger partial charge in [0.05, 0.1) is 20.1 Å². The number of allylic oxidation sites excluding steroid dienone is 1. The second kappa shape index (κ2) is 9.28. The number of rotatable bonds is 5. The van der Waals surface area contributed by atoms with Crippen molar-refractivity contribution >= 4 is 60.5 Å². The predicted molar refractivity (Wildman–Crippen MR) is 147 cm³/mol. The molecule has 3 aromatic carbocycles. The Hall–Kier alpha value is -2.32. The highest BCUT2D eigenvalue weighted by Crippen LogP contribution is 2.53. The van der Waals surface area contributed by atoms with E-state index in [1.54, 1.807) is 35.2 Å². The van der Waals surface area contributed by atoms with Gasteiger partial charge in [-0.05, 0) is 60.4 Å². The molecule has 1 fully saturated rings. The first-order chi connectivity index (χ1) is 17.0. The molecule has 1 aliphatic carbocycles. The van der Waals surface area contributed by atoms with Crippen molar-refractivity contribution in [2.75, 3.05) is 0 Å². The summed E-state index contributed by atoms with van der Waals surface area (Å²) < 4.78 is 31.0.